The van der Waals surface area contributed by atoms with Crippen LogP contribution in [0.15, 0.2) is 47.4 Å². The summed E-state index contributed by atoms with van der Waals surface area (Å²) in [5, 5.41) is 13.4. The molecule has 1 amide bonds. The number of aliphatic hydroxyl groups excluding tert-OH is 1. The van der Waals surface area contributed by atoms with Crippen LogP contribution in [0.1, 0.15) is 47.4 Å². The third-order valence-electron chi connectivity index (χ3n) is 6.34. The fraction of sp³-hybridized carbons (Fsp3) is 0.222. The Morgan fingerprint density at radius 2 is 1.89 bits per heavy atom. The first-order valence-electron chi connectivity index (χ1n) is 11.4. The van der Waals surface area contributed by atoms with Crippen molar-refractivity contribution in [3.8, 4) is 5.75 Å². The van der Waals surface area contributed by atoms with E-state index in [4.69, 9.17) is 4.74 Å². The lowest BCUT2D eigenvalue weighted by atomic mass is 9.92. The molecule has 1 unspecified atom stereocenters. The minimum absolute atomic E-state index is 0.0705. The summed E-state index contributed by atoms with van der Waals surface area (Å²) in [5.74, 6) is -3.41. The van der Waals surface area contributed by atoms with Crippen LogP contribution in [0.25, 0.3) is 16.0 Å². The summed E-state index contributed by atoms with van der Waals surface area (Å²) in [7, 11) is 1.57. The molecule has 190 valence electrons. The van der Waals surface area contributed by atoms with Crippen LogP contribution in [0.5, 0.6) is 5.75 Å². The Balaban J connectivity index is 1.73. The molecule has 1 atom stereocenters. The number of ketones is 1. The second kappa shape index (κ2) is 9.35. The highest BCUT2D eigenvalue weighted by Crippen LogP contribution is 2.46. The molecule has 1 N–H and O–H groups in total. The van der Waals surface area contributed by atoms with E-state index in [0.717, 1.165) is 29.0 Å². The summed E-state index contributed by atoms with van der Waals surface area (Å²) in [6, 6.07) is 8.10. The number of anilines is 1. The molecule has 6 nitrogen and oxygen atoms in total. The number of carbonyl (C=O) groups excluding carboxylic acids is 2. The van der Waals surface area contributed by atoms with Crippen LogP contribution in [0.4, 0.5) is 13.9 Å². The minimum Gasteiger partial charge on any atom is -0.507 e. The van der Waals surface area contributed by atoms with Crippen LogP contribution in [0.3, 0.4) is 0 Å². The number of Topliss-reactive ketones (excluding diaryl/α,β-unsaturated/α-hetero) is 1. The van der Waals surface area contributed by atoms with Crippen LogP contribution in [-0.4, -0.2) is 28.9 Å². The molecule has 1 aliphatic rings. The van der Waals surface area contributed by atoms with E-state index in [0.29, 0.717) is 26.5 Å². The second-order valence-electron chi connectivity index (χ2n) is 8.98. The fourth-order valence-electron chi connectivity index (χ4n) is 4.49. The molecule has 0 radical (unpaired) electrons. The number of hydrogen-bond acceptors (Lipinski definition) is 7. The molecular weight excluding hydrogens is 518 g/mol. The number of thiazole rings is 1. The maximum atomic E-state index is 13.8. The summed E-state index contributed by atoms with van der Waals surface area (Å²) in [5.41, 5.74) is 2.01. The monoisotopic (exact) mass is 540 g/mol. The Kier molecular flexibility index (Phi) is 6.33. The molecule has 2 aromatic heterocycles. The van der Waals surface area contributed by atoms with Gasteiger partial charge >= 0.3 is 5.91 Å². The molecule has 0 bridgehead atoms. The number of fused-ring (bicyclic) bond motifs is 1. The predicted octanol–water partition coefficient (Wildman–Crippen LogP) is 6.70. The topological polar surface area (TPSA) is 79.7 Å². The van der Waals surface area contributed by atoms with Crippen molar-refractivity contribution in [3.05, 3.63) is 80.6 Å². The van der Waals surface area contributed by atoms with E-state index in [1.54, 1.807) is 43.7 Å². The quantitative estimate of drug-likeness (QED) is 0.173. The number of aryl methyl sites for hydroxylation is 1. The van der Waals surface area contributed by atoms with Crippen molar-refractivity contribution >= 4 is 55.5 Å². The number of rotatable bonds is 5. The molecule has 5 rings (SSSR count). The average Bonchev–Trinajstić information content (AvgIpc) is 3.57. The minimum atomic E-state index is -1.06. The second-order valence-corrected chi connectivity index (χ2v) is 11.0. The van der Waals surface area contributed by atoms with E-state index >= 15 is 0 Å². The molecule has 3 heterocycles. The van der Waals surface area contributed by atoms with Gasteiger partial charge in [-0.3, -0.25) is 14.5 Å². The van der Waals surface area contributed by atoms with Gasteiger partial charge in [0.2, 0.25) is 0 Å². The smallest absolute Gasteiger partial charge is 0.301 e. The van der Waals surface area contributed by atoms with E-state index in [1.807, 2.05) is 13.8 Å². The van der Waals surface area contributed by atoms with Crippen molar-refractivity contribution in [2.24, 2.45) is 0 Å². The largest absolute Gasteiger partial charge is 0.507 e. The Hall–Kier alpha value is -3.63. The Bertz CT molecular complexity index is 1550. The van der Waals surface area contributed by atoms with Crippen LogP contribution in [0, 0.1) is 18.6 Å². The van der Waals surface area contributed by atoms with E-state index in [1.165, 1.54) is 16.2 Å². The SMILES string of the molecule is COc1cc(C)c(/C(O)=C2\C(=O)C(=O)N(c3nc4cc(F)c(F)cc4s3)C2c2cccs2)cc1C(C)C. The van der Waals surface area contributed by atoms with Gasteiger partial charge in [-0.15, -0.1) is 11.3 Å². The lowest BCUT2D eigenvalue weighted by molar-refractivity contribution is -0.132. The van der Waals surface area contributed by atoms with Crippen molar-refractivity contribution in [1.82, 2.24) is 4.98 Å². The number of halogens is 2. The number of nitrogens with zero attached hydrogens (tertiary/aromatic N) is 2. The van der Waals surface area contributed by atoms with Crippen molar-refractivity contribution in [1.29, 1.82) is 0 Å². The van der Waals surface area contributed by atoms with Gasteiger partial charge in [0.15, 0.2) is 16.8 Å². The Morgan fingerprint density at radius 1 is 1.16 bits per heavy atom. The summed E-state index contributed by atoms with van der Waals surface area (Å²) in [6.45, 7) is 5.76. The molecule has 1 saturated heterocycles. The van der Waals surface area contributed by atoms with Crippen LogP contribution in [-0.2, 0) is 9.59 Å². The van der Waals surface area contributed by atoms with Gasteiger partial charge in [-0.05, 0) is 53.6 Å². The van der Waals surface area contributed by atoms with Crippen LogP contribution >= 0.6 is 22.7 Å². The lowest BCUT2D eigenvalue weighted by Crippen LogP contribution is -2.28. The third kappa shape index (κ3) is 4.10. The molecule has 1 fully saturated rings. The Morgan fingerprint density at radius 3 is 2.54 bits per heavy atom. The van der Waals surface area contributed by atoms with Crippen molar-refractivity contribution < 1.29 is 28.2 Å². The molecular formula is C27H22F2N2O4S2. The molecule has 0 saturated carbocycles. The first-order valence-corrected chi connectivity index (χ1v) is 13.1. The standard InChI is InChI=1S/C27H22F2N2O4S2/c1-12(2)14-9-15(13(3)8-19(14)35-4)24(32)22-23(20-6-5-7-36-20)31(26(34)25(22)33)27-30-18-10-16(28)17(29)11-21(18)37-27/h5-12,23,32H,1-4H3/b24-22+. The van der Waals surface area contributed by atoms with Gasteiger partial charge in [-0.2, -0.15) is 0 Å². The zero-order valence-electron chi connectivity index (χ0n) is 20.3. The van der Waals surface area contributed by atoms with Crippen molar-refractivity contribution in [2.75, 3.05) is 12.0 Å². The first kappa shape index (κ1) is 25.0. The number of carbonyl (C=O) groups is 2. The number of methoxy groups -OCH3 is 1. The van der Waals surface area contributed by atoms with E-state index in [2.05, 4.69) is 4.98 Å². The maximum Gasteiger partial charge on any atom is 0.301 e. The van der Waals surface area contributed by atoms with Gasteiger partial charge in [0, 0.05) is 16.5 Å². The average molecular weight is 541 g/mol. The summed E-state index contributed by atoms with van der Waals surface area (Å²) in [4.78, 5) is 32.9. The molecule has 0 aliphatic carbocycles. The van der Waals surface area contributed by atoms with Crippen LogP contribution < -0.4 is 9.64 Å². The number of thiophene rings is 1. The number of ether oxygens (including phenoxy) is 1. The first-order chi connectivity index (χ1) is 17.6. The number of aliphatic hydroxyl groups is 1. The number of aromatic nitrogens is 1. The van der Waals surface area contributed by atoms with Gasteiger partial charge in [0.05, 0.1) is 22.9 Å². The van der Waals surface area contributed by atoms with E-state index in [-0.39, 0.29) is 27.9 Å². The van der Waals surface area contributed by atoms with Gasteiger partial charge < -0.3 is 9.84 Å². The highest BCUT2D eigenvalue weighted by molar-refractivity contribution is 7.22. The maximum absolute atomic E-state index is 13.8. The van der Waals surface area contributed by atoms with E-state index < -0.39 is 29.4 Å². The zero-order valence-corrected chi connectivity index (χ0v) is 22.0. The number of benzene rings is 2. The van der Waals surface area contributed by atoms with Crippen molar-refractivity contribution in [3.63, 3.8) is 0 Å². The highest BCUT2D eigenvalue weighted by Gasteiger charge is 2.48. The fourth-order valence-corrected chi connectivity index (χ4v) is 6.31. The summed E-state index contributed by atoms with van der Waals surface area (Å²) in [6.07, 6.45) is 0. The highest BCUT2D eigenvalue weighted by atomic mass is 32.1. The predicted molar refractivity (Wildman–Crippen MR) is 140 cm³/mol. The van der Waals surface area contributed by atoms with E-state index in [9.17, 15) is 23.5 Å². The molecule has 1 aliphatic heterocycles. The van der Waals surface area contributed by atoms with Gasteiger partial charge in [0.1, 0.15) is 17.6 Å². The van der Waals surface area contributed by atoms with Crippen molar-refractivity contribution in [2.45, 2.75) is 32.7 Å². The zero-order chi connectivity index (χ0) is 26.6. The summed E-state index contributed by atoms with van der Waals surface area (Å²) >= 11 is 2.28. The summed E-state index contributed by atoms with van der Waals surface area (Å²) < 4.78 is 33.5. The molecule has 0 spiro atoms. The van der Waals surface area contributed by atoms with Gasteiger partial charge in [-0.1, -0.05) is 31.3 Å². The Labute approximate surface area is 219 Å². The lowest BCUT2D eigenvalue weighted by Gasteiger charge is -2.22. The number of amides is 1. The third-order valence-corrected chi connectivity index (χ3v) is 8.28. The number of hydrogen-bond donors (Lipinski definition) is 1. The normalized spacial score (nSPS) is 17.4. The molecule has 4 aromatic rings. The van der Waals surface area contributed by atoms with Gasteiger partial charge in [-0.25, -0.2) is 13.8 Å². The molecule has 10 heteroatoms. The van der Waals surface area contributed by atoms with Crippen LogP contribution in [0.2, 0.25) is 0 Å². The van der Waals surface area contributed by atoms with Gasteiger partial charge in [0.25, 0.3) is 5.78 Å². The molecule has 37 heavy (non-hydrogen) atoms. The molecule has 2 aromatic carbocycles.